The van der Waals surface area contributed by atoms with Crippen LogP contribution in [0.2, 0.25) is 0 Å². The van der Waals surface area contributed by atoms with Crippen LogP contribution in [-0.4, -0.2) is 49.4 Å². The lowest BCUT2D eigenvalue weighted by molar-refractivity contribution is 0.0944. The largest absolute Gasteiger partial charge is 0.351 e. The van der Waals surface area contributed by atoms with Gasteiger partial charge in [0, 0.05) is 36.4 Å². The summed E-state index contributed by atoms with van der Waals surface area (Å²) >= 11 is 0. The van der Waals surface area contributed by atoms with E-state index in [2.05, 4.69) is 10.2 Å². The van der Waals surface area contributed by atoms with Gasteiger partial charge in [-0.3, -0.25) is 9.59 Å². The maximum atomic E-state index is 12.9. The van der Waals surface area contributed by atoms with Crippen LogP contribution in [0.3, 0.4) is 0 Å². The van der Waals surface area contributed by atoms with Gasteiger partial charge in [-0.05, 0) is 62.2 Å². The molecule has 0 spiro atoms. The Labute approximate surface area is 166 Å². The van der Waals surface area contributed by atoms with E-state index in [-0.39, 0.29) is 11.8 Å². The molecule has 2 heterocycles. The molecule has 0 atom stereocenters. The molecule has 2 aromatic carbocycles. The fourth-order valence-corrected chi connectivity index (χ4v) is 4.20. The van der Waals surface area contributed by atoms with Crippen molar-refractivity contribution in [1.29, 1.82) is 0 Å². The fourth-order valence-electron chi connectivity index (χ4n) is 4.20. The third-order valence-electron chi connectivity index (χ3n) is 5.70. The molecule has 0 unspecified atom stereocenters. The predicted octanol–water partition coefficient (Wildman–Crippen LogP) is 3.11. The highest BCUT2D eigenvalue weighted by atomic mass is 16.2. The number of hydrogen-bond donors (Lipinski definition) is 1. The third-order valence-corrected chi connectivity index (χ3v) is 5.70. The minimum Gasteiger partial charge on any atom is -0.351 e. The Hall–Kier alpha value is -2.66. The number of anilines is 1. The first kappa shape index (κ1) is 18.7. The van der Waals surface area contributed by atoms with E-state index < -0.39 is 0 Å². The van der Waals surface area contributed by atoms with Gasteiger partial charge >= 0.3 is 0 Å². The van der Waals surface area contributed by atoms with Gasteiger partial charge in [0.15, 0.2) is 0 Å². The number of nitrogens with zero attached hydrogens (tertiary/aromatic N) is 2. The maximum absolute atomic E-state index is 12.9. The van der Waals surface area contributed by atoms with Crippen molar-refractivity contribution in [2.45, 2.75) is 25.7 Å². The topological polar surface area (TPSA) is 52.7 Å². The minimum atomic E-state index is -0.0390. The van der Waals surface area contributed by atoms with Crippen molar-refractivity contribution in [2.24, 2.45) is 0 Å². The van der Waals surface area contributed by atoms with E-state index in [0.29, 0.717) is 30.6 Å². The van der Waals surface area contributed by atoms with Crippen LogP contribution < -0.4 is 10.2 Å². The van der Waals surface area contributed by atoms with Crippen molar-refractivity contribution in [3.05, 3.63) is 65.2 Å². The molecule has 0 aromatic heterocycles. The fraction of sp³-hybridized carbons (Fsp3) is 0.391. The molecule has 146 valence electrons. The molecule has 2 amide bonds. The Morgan fingerprint density at radius 1 is 0.893 bits per heavy atom. The molecule has 4 rings (SSSR count). The second kappa shape index (κ2) is 8.57. The number of piperidine rings is 1. The van der Waals surface area contributed by atoms with Gasteiger partial charge in [-0.25, -0.2) is 0 Å². The monoisotopic (exact) mass is 377 g/mol. The Kier molecular flexibility index (Phi) is 5.72. The molecule has 5 nitrogen and oxygen atoms in total. The normalized spacial score (nSPS) is 16.6. The zero-order valence-corrected chi connectivity index (χ0v) is 16.2. The highest BCUT2D eigenvalue weighted by molar-refractivity contribution is 6.08. The molecule has 0 bridgehead atoms. The quantitative estimate of drug-likeness (QED) is 0.871. The van der Waals surface area contributed by atoms with Crippen LogP contribution in [0.25, 0.3) is 0 Å². The van der Waals surface area contributed by atoms with Crippen molar-refractivity contribution < 1.29 is 9.59 Å². The average molecular weight is 377 g/mol. The van der Waals surface area contributed by atoms with Gasteiger partial charge < -0.3 is 15.1 Å². The number of carbonyl (C=O) groups excluding carboxylic acids is 2. The molecule has 5 heteroatoms. The van der Waals surface area contributed by atoms with E-state index in [1.54, 1.807) is 4.90 Å². The summed E-state index contributed by atoms with van der Waals surface area (Å²) in [6, 6.07) is 15.0. The highest BCUT2D eigenvalue weighted by Gasteiger charge is 2.28. The third kappa shape index (κ3) is 3.94. The number of likely N-dealkylation sites (tertiary alicyclic amines) is 1. The van der Waals surface area contributed by atoms with E-state index in [1.165, 1.54) is 19.3 Å². The molecule has 0 radical (unpaired) electrons. The Morgan fingerprint density at radius 2 is 1.68 bits per heavy atom. The van der Waals surface area contributed by atoms with Crippen molar-refractivity contribution in [3.8, 4) is 0 Å². The van der Waals surface area contributed by atoms with Gasteiger partial charge in [0.1, 0.15) is 0 Å². The molecule has 1 N–H and O–H groups in total. The van der Waals surface area contributed by atoms with Gasteiger partial charge in [-0.15, -0.1) is 0 Å². The molecule has 28 heavy (non-hydrogen) atoms. The van der Waals surface area contributed by atoms with Gasteiger partial charge in [0.2, 0.25) is 0 Å². The van der Waals surface area contributed by atoms with Gasteiger partial charge in [0.25, 0.3) is 11.8 Å². The molecular formula is C23H27N3O2. The summed E-state index contributed by atoms with van der Waals surface area (Å²) in [5.74, 6) is -0.0510. The first-order valence-corrected chi connectivity index (χ1v) is 10.2. The van der Waals surface area contributed by atoms with Gasteiger partial charge in [-0.2, -0.15) is 0 Å². The van der Waals surface area contributed by atoms with Crippen LogP contribution in [0.5, 0.6) is 0 Å². The maximum Gasteiger partial charge on any atom is 0.258 e. The molecule has 2 aromatic rings. The van der Waals surface area contributed by atoms with Crippen molar-refractivity contribution in [1.82, 2.24) is 10.2 Å². The summed E-state index contributed by atoms with van der Waals surface area (Å²) < 4.78 is 0. The number of nitrogens with one attached hydrogen (secondary N) is 1. The number of hydrogen-bond acceptors (Lipinski definition) is 3. The number of rotatable bonds is 5. The van der Waals surface area contributed by atoms with E-state index >= 15 is 0 Å². The summed E-state index contributed by atoms with van der Waals surface area (Å²) in [6.07, 6.45) is 4.54. The van der Waals surface area contributed by atoms with Crippen LogP contribution in [0.4, 0.5) is 5.69 Å². The zero-order valence-electron chi connectivity index (χ0n) is 16.2. The smallest absolute Gasteiger partial charge is 0.258 e. The van der Waals surface area contributed by atoms with Gasteiger partial charge in [-0.1, -0.05) is 30.7 Å². The number of amides is 2. The van der Waals surface area contributed by atoms with E-state index in [0.717, 1.165) is 30.9 Å². The molecular weight excluding hydrogens is 350 g/mol. The number of carbonyl (C=O) groups is 2. The van der Waals surface area contributed by atoms with Crippen LogP contribution in [0.15, 0.2) is 48.5 Å². The van der Waals surface area contributed by atoms with Crippen LogP contribution in [-0.2, 0) is 6.42 Å². The molecule has 0 aliphatic carbocycles. The van der Waals surface area contributed by atoms with Gasteiger partial charge in [0.05, 0.1) is 0 Å². The number of benzene rings is 2. The lowest BCUT2D eigenvalue weighted by Crippen LogP contribution is -2.37. The molecule has 2 aliphatic rings. The predicted molar refractivity (Wildman–Crippen MR) is 111 cm³/mol. The van der Waals surface area contributed by atoms with E-state index in [1.807, 2.05) is 48.5 Å². The Morgan fingerprint density at radius 3 is 2.46 bits per heavy atom. The summed E-state index contributed by atoms with van der Waals surface area (Å²) in [5.41, 5.74) is 3.20. The average Bonchev–Trinajstić information content (AvgIpc) is 3.19. The first-order chi connectivity index (χ1) is 13.7. The molecule has 0 saturated carbocycles. The minimum absolute atomic E-state index is 0.0120. The molecule has 1 saturated heterocycles. The summed E-state index contributed by atoms with van der Waals surface area (Å²) in [7, 11) is 0. The second-order valence-electron chi connectivity index (χ2n) is 7.53. The second-order valence-corrected chi connectivity index (χ2v) is 7.53. The van der Waals surface area contributed by atoms with Crippen LogP contribution in [0.1, 0.15) is 45.5 Å². The lowest BCUT2D eigenvalue weighted by atomic mass is 10.0. The van der Waals surface area contributed by atoms with Crippen LogP contribution in [0, 0.1) is 0 Å². The molecule has 2 aliphatic heterocycles. The van der Waals surface area contributed by atoms with Crippen molar-refractivity contribution >= 4 is 17.5 Å². The van der Waals surface area contributed by atoms with E-state index in [9.17, 15) is 9.59 Å². The van der Waals surface area contributed by atoms with Crippen molar-refractivity contribution in [2.75, 3.05) is 37.6 Å². The Bertz CT molecular complexity index is 844. The summed E-state index contributed by atoms with van der Waals surface area (Å²) in [6.45, 7) is 4.44. The van der Waals surface area contributed by atoms with Crippen molar-refractivity contribution in [3.63, 3.8) is 0 Å². The summed E-state index contributed by atoms with van der Waals surface area (Å²) in [4.78, 5) is 29.8. The lowest BCUT2D eigenvalue weighted by Gasteiger charge is -2.26. The van der Waals surface area contributed by atoms with E-state index in [4.69, 9.17) is 0 Å². The standard InChI is InChI=1S/C23H27N3O2/c27-22(24-13-17-25-14-5-2-6-15-25)20-10-7-11-21-19(20)12-16-26(21)23(28)18-8-3-1-4-9-18/h1,3-4,7-11H,2,5-6,12-17H2,(H,24,27). The Balaban J connectivity index is 1.43. The SMILES string of the molecule is O=C(NCCN1CCCCC1)c1cccc2c1CCN2C(=O)c1ccccc1. The summed E-state index contributed by atoms with van der Waals surface area (Å²) in [5, 5.41) is 3.07. The van der Waals surface area contributed by atoms with Crippen LogP contribution >= 0.6 is 0 Å². The highest BCUT2D eigenvalue weighted by Crippen LogP contribution is 2.32. The first-order valence-electron chi connectivity index (χ1n) is 10.2. The zero-order chi connectivity index (χ0) is 19.3. The number of fused-ring (bicyclic) bond motifs is 1. The molecule has 1 fully saturated rings.